The van der Waals surface area contributed by atoms with E-state index < -0.39 is 11.9 Å². The van der Waals surface area contributed by atoms with Crippen molar-refractivity contribution in [1.82, 2.24) is 15.2 Å². The van der Waals surface area contributed by atoms with Crippen LogP contribution in [0.2, 0.25) is 0 Å². The molecular weight excluding hydrogens is 535 g/mol. The average Bonchev–Trinajstić information content (AvgIpc) is 3.65. The van der Waals surface area contributed by atoms with Crippen LogP contribution in [-0.4, -0.2) is 15.2 Å². The summed E-state index contributed by atoms with van der Waals surface area (Å²) in [4.78, 5) is 6.99. The van der Waals surface area contributed by atoms with E-state index in [1.54, 1.807) is 17.5 Å². The number of aryl methyl sites for hydroxylation is 2. The van der Waals surface area contributed by atoms with Crippen molar-refractivity contribution in [2.75, 3.05) is 0 Å². The highest BCUT2D eigenvalue weighted by Crippen LogP contribution is 2.43. The van der Waals surface area contributed by atoms with E-state index in [1.165, 1.54) is 80.4 Å². The molecule has 4 heterocycles. The largest absolute Gasteiger partial charge is 0.435 e. The van der Waals surface area contributed by atoms with Gasteiger partial charge in [0, 0.05) is 25.4 Å². The molecule has 0 spiro atoms. The summed E-state index contributed by atoms with van der Waals surface area (Å²) in [7, 11) is 0. The van der Waals surface area contributed by atoms with Crippen LogP contribution in [0.25, 0.3) is 42.0 Å². The van der Waals surface area contributed by atoms with Gasteiger partial charge in [0.1, 0.15) is 0 Å². The fraction of sp³-hybridized carbons (Fsp3) is 0.419. The van der Waals surface area contributed by atoms with Crippen LogP contribution in [0.15, 0.2) is 42.6 Å². The summed E-state index contributed by atoms with van der Waals surface area (Å²) in [6.07, 6.45) is 9.09. The Bertz CT molecular complexity index is 1540. The number of halogens is 3. The minimum atomic E-state index is -4.49. The second-order valence-corrected chi connectivity index (χ2v) is 12.4. The standard InChI is InChI=1S/C31H34F3N3S2/c1-3-5-7-9-11-22-15-21-17-28-24(18-27(21)38-22)23(12-10-8-6-4-2)30(39-28)20-13-14-35-25(16-20)26-19-29(37-36-26)31(32,33)34/h13-19H,3-12H2,1-2H3,(H,36,37). The zero-order valence-corrected chi connectivity index (χ0v) is 24.1. The Morgan fingerprint density at radius 2 is 1.59 bits per heavy atom. The van der Waals surface area contributed by atoms with E-state index >= 15 is 0 Å². The molecule has 0 aliphatic carbocycles. The van der Waals surface area contributed by atoms with Crippen LogP contribution in [0, 0.1) is 0 Å². The molecule has 206 valence electrons. The molecule has 5 aromatic rings. The van der Waals surface area contributed by atoms with Crippen LogP contribution in [0.5, 0.6) is 0 Å². The monoisotopic (exact) mass is 569 g/mol. The summed E-state index contributed by atoms with van der Waals surface area (Å²) in [6.45, 7) is 4.46. The van der Waals surface area contributed by atoms with Gasteiger partial charge in [-0.3, -0.25) is 10.1 Å². The molecule has 1 aromatic carbocycles. The predicted octanol–water partition coefficient (Wildman–Crippen LogP) is 10.8. The molecular formula is C31H34F3N3S2. The number of fused-ring (bicyclic) bond motifs is 2. The van der Waals surface area contributed by atoms with Crippen molar-refractivity contribution in [2.24, 2.45) is 0 Å². The van der Waals surface area contributed by atoms with Gasteiger partial charge in [0.25, 0.3) is 0 Å². The number of hydrogen-bond donors (Lipinski definition) is 1. The van der Waals surface area contributed by atoms with Crippen molar-refractivity contribution >= 4 is 42.8 Å². The van der Waals surface area contributed by atoms with Crippen molar-refractivity contribution in [3.63, 3.8) is 0 Å². The highest BCUT2D eigenvalue weighted by atomic mass is 32.1. The number of nitrogens with zero attached hydrogens (tertiary/aromatic N) is 2. The van der Waals surface area contributed by atoms with Gasteiger partial charge in [-0.2, -0.15) is 18.3 Å². The first-order valence-corrected chi connectivity index (χ1v) is 15.6. The molecule has 39 heavy (non-hydrogen) atoms. The number of aromatic amines is 1. The lowest BCUT2D eigenvalue weighted by molar-refractivity contribution is -0.141. The number of aromatic nitrogens is 3. The molecule has 0 aliphatic heterocycles. The van der Waals surface area contributed by atoms with Crippen LogP contribution in [0.1, 0.15) is 81.3 Å². The first kappa shape index (κ1) is 27.8. The van der Waals surface area contributed by atoms with Crippen molar-refractivity contribution in [2.45, 2.75) is 84.2 Å². The SMILES string of the molecule is CCCCCCc1cc2cc3sc(-c4ccnc(-c5cc(C(F)(F)F)n[nH]5)c4)c(CCCCCC)c3cc2s1. The van der Waals surface area contributed by atoms with Crippen molar-refractivity contribution in [3.8, 4) is 21.8 Å². The Balaban J connectivity index is 1.51. The predicted molar refractivity (Wildman–Crippen MR) is 159 cm³/mol. The van der Waals surface area contributed by atoms with Crippen molar-refractivity contribution in [1.29, 1.82) is 0 Å². The third-order valence-electron chi connectivity index (χ3n) is 7.20. The van der Waals surface area contributed by atoms with Crippen molar-refractivity contribution < 1.29 is 13.2 Å². The van der Waals surface area contributed by atoms with E-state index in [4.69, 9.17) is 0 Å². The van der Waals surface area contributed by atoms with E-state index in [-0.39, 0.29) is 5.69 Å². The molecule has 0 aliphatic rings. The Morgan fingerprint density at radius 1 is 0.821 bits per heavy atom. The smallest absolute Gasteiger partial charge is 0.276 e. The molecule has 0 atom stereocenters. The molecule has 4 aromatic heterocycles. The lowest BCUT2D eigenvalue weighted by Crippen LogP contribution is -2.04. The summed E-state index contributed by atoms with van der Waals surface area (Å²) >= 11 is 3.69. The number of hydrogen-bond acceptors (Lipinski definition) is 4. The first-order chi connectivity index (χ1) is 18.9. The normalized spacial score (nSPS) is 12.2. The van der Waals surface area contributed by atoms with Gasteiger partial charge in [0.05, 0.1) is 11.4 Å². The molecule has 0 radical (unpaired) electrons. The van der Waals surface area contributed by atoms with Crippen molar-refractivity contribution in [3.05, 3.63) is 58.7 Å². The molecule has 1 N–H and O–H groups in total. The zero-order chi connectivity index (χ0) is 27.4. The van der Waals surface area contributed by atoms with Gasteiger partial charge in [-0.1, -0.05) is 52.4 Å². The van der Waals surface area contributed by atoms with Crippen LogP contribution in [-0.2, 0) is 19.0 Å². The van der Waals surface area contributed by atoms with Gasteiger partial charge in [-0.05, 0) is 84.0 Å². The topological polar surface area (TPSA) is 41.6 Å². The zero-order valence-electron chi connectivity index (χ0n) is 22.5. The third-order valence-corrected chi connectivity index (χ3v) is 9.61. The second kappa shape index (κ2) is 12.2. The third kappa shape index (κ3) is 6.38. The minimum absolute atomic E-state index is 0.266. The number of unbranched alkanes of at least 4 members (excludes halogenated alkanes) is 6. The second-order valence-electron chi connectivity index (χ2n) is 10.2. The molecule has 0 unspecified atom stereocenters. The molecule has 0 fully saturated rings. The number of nitrogens with one attached hydrogen (secondary N) is 1. The maximum atomic E-state index is 13.1. The van der Waals surface area contributed by atoms with Gasteiger partial charge in [0.2, 0.25) is 0 Å². The van der Waals surface area contributed by atoms with Crippen LogP contribution in [0.4, 0.5) is 13.2 Å². The highest BCUT2D eigenvalue weighted by Gasteiger charge is 2.34. The Kier molecular flexibility index (Phi) is 8.72. The number of H-pyrrole nitrogens is 1. The van der Waals surface area contributed by atoms with Gasteiger partial charge in [-0.15, -0.1) is 22.7 Å². The minimum Gasteiger partial charge on any atom is -0.276 e. The molecule has 0 amide bonds. The lowest BCUT2D eigenvalue weighted by atomic mass is 9.99. The summed E-state index contributed by atoms with van der Waals surface area (Å²) < 4.78 is 41.9. The Labute approximate surface area is 235 Å². The van der Waals surface area contributed by atoms with Gasteiger partial charge < -0.3 is 0 Å². The molecule has 3 nitrogen and oxygen atoms in total. The van der Waals surface area contributed by atoms with Crippen LogP contribution < -0.4 is 0 Å². The number of pyridine rings is 1. The summed E-state index contributed by atoms with van der Waals surface area (Å²) in [5, 5.41) is 8.57. The molecule has 0 saturated heterocycles. The van der Waals surface area contributed by atoms with Gasteiger partial charge in [0.15, 0.2) is 5.69 Å². The van der Waals surface area contributed by atoms with E-state index in [9.17, 15) is 13.2 Å². The maximum Gasteiger partial charge on any atom is 0.435 e. The molecule has 0 bridgehead atoms. The summed E-state index contributed by atoms with van der Waals surface area (Å²) in [5.41, 5.74) is 2.10. The quantitative estimate of drug-likeness (QED) is 0.152. The lowest BCUT2D eigenvalue weighted by Gasteiger charge is -2.07. The van der Waals surface area contributed by atoms with E-state index in [1.807, 2.05) is 23.5 Å². The Hall–Kier alpha value is -2.71. The Morgan fingerprint density at radius 3 is 2.31 bits per heavy atom. The highest BCUT2D eigenvalue weighted by molar-refractivity contribution is 7.23. The van der Waals surface area contributed by atoms with E-state index in [0.29, 0.717) is 5.69 Å². The van der Waals surface area contributed by atoms with E-state index in [0.717, 1.165) is 30.9 Å². The maximum absolute atomic E-state index is 13.1. The van der Waals surface area contributed by atoms with Gasteiger partial charge >= 0.3 is 6.18 Å². The number of benzene rings is 1. The molecule has 0 saturated carbocycles. The summed E-state index contributed by atoms with van der Waals surface area (Å²) in [5.74, 6) is 0. The fourth-order valence-electron chi connectivity index (χ4n) is 5.11. The van der Waals surface area contributed by atoms with Crippen LogP contribution in [0.3, 0.4) is 0 Å². The van der Waals surface area contributed by atoms with Gasteiger partial charge in [-0.25, -0.2) is 0 Å². The van der Waals surface area contributed by atoms with Crippen LogP contribution >= 0.6 is 22.7 Å². The average molecular weight is 570 g/mol. The first-order valence-electron chi connectivity index (χ1n) is 13.9. The molecule has 5 rings (SSSR count). The number of alkyl halides is 3. The summed E-state index contributed by atoms with van der Waals surface area (Å²) in [6, 6.07) is 11.9. The number of rotatable bonds is 12. The van der Waals surface area contributed by atoms with E-state index in [2.05, 4.69) is 47.2 Å². The fourth-order valence-corrected chi connectivity index (χ4v) is 7.52. The molecule has 8 heteroatoms. The number of thiophene rings is 2.